The highest BCUT2D eigenvalue weighted by molar-refractivity contribution is 5.78. The van der Waals surface area contributed by atoms with Crippen LogP contribution in [-0.4, -0.2) is 41.6 Å². The second-order valence-electron chi connectivity index (χ2n) is 5.42. The maximum absolute atomic E-state index is 12.3. The van der Waals surface area contributed by atoms with Crippen LogP contribution in [-0.2, 0) is 11.2 Å². The molecule has 1 aliphatic rings. The molecule has 110 valence electrons. The molecule has 0 spiro atoms. The number of hydrogen-bond acceptors (Lipinski definition) is 3. The number of phenolic OH excluding ortho intramolecular Hbond substituents is 1. The number of benzene rings is 1. The summed E-state index contributed by atoms with van der Waals surface area (Å²) < 4.78 is 0. The van der Waals surface area contributed by atoms with Crippen LogP contribution in [0.3, 0.4) is 0 Å². The van der Waals surface area contributed by atoms with Crippen molar-refractivity contribution in [3.05, 3.63) is 29.8 Å². The average Bonchev–Trinajstić information content (AvgIpc) is 2.48. The monoisotopic (exact) mass is 276 g/mol. The van der Waals surface area contributed by atoms with Crippen LogP contribution in [0.1, 0.15) is 31.7 Å². The van der Waals surface area contributed by atoms with Crippen molar-refractivity contribution in [2.24, 2.45) is 0 Å². The minimum atomic E-state index is 0.158. The SMILES string of the molecule is CCN(CC1CCCCN1)C(=O)Cc1ccc(O)cc1. The maximum atomic E-state index is 12.3. The van der Waals surface area contributed by atoms with Crippen molar-refractivity contribution < 1.29 is 9.90 Å². The van der Waals surface area contributed by atoms with E-state index < -0.39 is 0 Å². The Morgan fingerprint density at radius 1 is 1.35 bits per heavy atom. The first kappa shape index (κ1) is 14.9. The summed E-state index contributed by atoms with van der Waals surface area (Å²) in [4.78, 5) is 14.3. The van der Waals surface area contributed by atoms with Gasteiger partial charge in [0.2, 0.25) is 5.91 Å². The van der Waals surface area contributed by atoms with Crippen molar-refractivity contribution in [2.75, 3.05) is 19.6 Å². The zero-order valence-electron chi connectivity index (χ0n) is 12.1. The lowest BCUT2D eigenvalue weighted by Crippen LogP contribution is -2.46. The Balaban J connectivity index is 1.89. The van der Waals surface area contributed by atoms with Gasteiger partial charge < -0.3 is 15.3 Å². The Hall–Kier alpha value is -1.55. The highest BCUT2D eigenvalue weighted by Crippen LogP contribution is 2.12. The minimum Gasteiger partial charge on any atom is -0.508 e. The second-order valence-corrected chi connectivity index (χ2v) is 5.42. The molecule has 0 saturated carbocycles. The molecular weight excluding hydrogens is 252 g/mol. The number of likely N-dealkylation sites (N-methyl/N-ethyl adjacent to an activating group) is 1. The number of carbonyl (C=O) groups is 1. The van der Waals surface area contributed by atoms with E-state index in [0.29, 0.717) is 12.5 Å². The molecule has 0 radical (unpaired) electrons. The van der Waals surface area contributed by atoms with E-state index in [0.717, 1.165) is 31.6 Å². The molecule has 1 amide bonds. The lowest BCUT2D eigenvalue weighted by atomic mass is 10.0. The minimum absolute atomic E-state index is 0.158. The van der Waals surface area contributed by atoms with Crippen LogP contribution in [0.25, 0.3) is 0 Å². The molecule has 20 heavy (non-hydrogen) atoms. The van der Waals surface area contributed by atoms with Crippen LogP contribution in [0.5, 0.6) is 5.75 Å². The number of nitrogens with zero attached hydrogens (tertiary/aromatic N) is 1. The van der Waals surface area contributed by atoms with Gasteiger partial charge in [0.1, 0.15) is 5.75 Å². The second kappa shape index (κ2) is 7.29. The molecule has 0 aromatic heterocycles. The molecule has 2 N–H and O–H groups in total. The predicted molar refractivity (Wildman–Crippen MR) is 79.7 cm³/mol. The number of piperidine rings is 1. The molecule has 0 aliphatic carbocycles. The summed E-state index contributed by atoms with van der Waals surface area (Å²) in [6, 6.07) is 7.30. The molecule has 1 unspecified atom stereocenters. The van der Waals surface area contributed by atoms with Crippen LogP contribution < -0.4 is 5.32 Å². The van der Waals surface area contributed by atoms with Gasteiger partial charge in [-0.3, -0.25) is 4.79 Å². The van der Waals surface area contributed by atoms with E-state index >= 15 is 0 Å². The summed E-state index contributed by atoms with van der Waals surface area (Å²) in [6.45, 7) is 4.63. The molecular formula is C16H24N2O2. The lowest BCUT2D eigenvalue weighted by molar-refractivity contribution is -0.130. The first-order chi connectivity index (χ1) is 9.69. The summed E-state index contributed by atoms with van der Waals surface area (Å²) in [7, 11) is 0. The molecule has 2 rings (SSSR count). The number of hydrogen-bond donors (Lipinski definition) is 2. The smallest absolute Gasteiger partial charge is 0.227 e. The van der Waals surface area contributed by atoms with Crippen molar-refractivity contribution in [1.29, 1.82) is 0 Å². The van der Waals surface area contributed by atoms with E-state index in [1.165, 1.54) is 12.8 Å². The first-order valence-electron chi connectivity index (χ1n) is 7.48. The first-order valence-corrected chi connectivity index (χ1v) is 7.48. The Bertz CT molecular complexity index is 425. The summed E-state index contributed by atoms with van der Waals surface area (Å²) in [6.07, 6.45) is 4.05. The van der Waals surface area contributed by atoms with Gasteiger partial charge in [0, 0.05) is 19.1 Å². The Kier molecular flexibility index (Phi) is 5.41. The number of carbonyl (C=O) groups excluding carboxylic acids is 1. The molecule has 1 fully saturated rings. The normalized spacial score (nSPS) is 18.8. The number of rotatable bonds is 5. The number of nitrogens with one attached hydrogen (secondary N) is 1. The van der Waals surface area contributed by atoms with Gasteiger partial charge in [-0.1, -0.05) is 18.6 Å². The van der Waals surface area contributed by atoms with Gasteiger partial charge in [-0.25, -0.2) is 0 Å². The van der Waals surface area contributed by atoms with Crippen molar-refractivity contribution in [1.82, 2.24) is 10.2 Å². The van der Waals surface area contributed by atoms with Crippen LogP contribution in [0, 0.1) is 0 Å². The molecule has 4 heteroatoms. The third-order valence-electron chi connectivity index (χ3n) is 3.88. The molecule has 1 saturated heterocycles. The van der Waals surface area contributed by atoms with E-state index in [4.69, 9.17) is 0 Å². The number of aromatic hydroxyl groups is 1. The zero-order chi connectivity index (χ0) is 14.4. The summed E-state index contributed by atoms with van der Waals surface area (Å²) in [5, 5.41) is 12.7. The van der Waals surface area contributed by atoms with E-state index in [1.807, 2.05) is 11.8 Å². The van der Waals surface area contributed by atoms with Crippen molar-refractivity contribution in [2.45, 2.75) is 38.6 Å². The quantitative estimate of drug-likeness (QED) is 0.864. The molecule has 1 heterocycles. The van der Waals surface area contributed by atoms with Gasteiger partial charge in [0.05, 0.1) is 6.42 Å². The fourth-order valence-electron chi connectivity index (χ4n) is 2.65. The third kappa shape index (κ3) is 4.23. The Morgan fingerprint density at radius 2 is 2.10 bits per heavy atom. The fourth-order valence-corrected chi connectivity index (χ4v) is 2.65. The van der Waals surface area contributed by atoms with Gasteiger partial charge in [-0.15, -0.1) is 0 Å². The molecule has 1 aromatic rings. The Morgan fingerprint density at radius 3 is 2.70 bits per heavy atom. The largest absolute Gasteiger partial charge is 0.508 e. The maximum Gasteiger partial charge on any atom is 0.227 e. The topological polar surface area (TPSA) is 52.6 Å². The lowest BCUT2D eigenvalue weighted by Gasteiger charge is -2.30. The highest BCUT2D eigenvalue weighted by Gasteiger charge is 2.19. The van der Waals surface area contributed by atoms with Gasteiger partial charge in [-0.2, -0.15) is 0 Å². The van der Waals surface area contributed by atoms with Gasteiger partial charge in [-0.05, 0) is 44.0 Å². The average molecular weight is 276 g/mol. The van der Waals surface area contributed by atoms with Crippen LogP contribution in [0.2, 0.25) is 0 Å². The highest BCUT2D eigenvalue weighted by atomic mass is 16.3. The van der Waals surface area contributed by atoms with Crippen molar-refractivity contribution in [3.8, 4) is 5.75 Å². The standard InChI is InChI=1S/C16H24N2O2/c1-2-18(12-14-5-3-4-10-17-14)16(20)11-13-6-8-15(19)9-7-13/h6-9,14,17,19H,2-5,10-12H2,1H3. The van der Waals surface area contributed by atoms with E-state index in [2.05, 4.69) is 5.32 Å². The Labute approximate surface area is 120 Å². The van der Waals surface area contributed by atoms with Crippen LogP contribution in [0.15, 0.2) is 24.3 Å². The fraction of sp³-hybridized carbons (Fsp3) is 0.562. The van der Waals surface area contributed by atoms with Gasteiger partial charge in [0.15, 0.2) is 0 Å². The van der Waals surface area contributed by atoms with E-state index in [9.17, 15) is 9.90 Å². The number of phenols is 1. The van der Waals surface area contributed by atoms with Crippen LogP contribution >= 0.6 is 0 Å². The van der Waals surface area contributed by atoms with E-state index in [1.54, 1.807) is 24.3 Å². The molecule has 1 aromatic carbocycles. The zero-order valence-corrected chi connectivity index (χ0v) is 12.1. The van der Waals surface area contributed by atoms with E-state index in [-0.39, 0.29) is 11.7 Å². The number of amides is 1. The molecule has 0 bridgehead atoms. The summed E-state index contributed by atoms with van der Waals surface area (Å²) in [5.74, 6) is 0.394. The molecule has 4 nitrogen and oxygen atoms in total. The summed E-state index contributed by atoms with van der Waals surface area (Å²) >= 11 is 0. The van der Waals surface area contributed by atoms with Crippen LogP contribution in [0.4, 0.5) is 0 Å². The van der Waals surface area contributed by atoms with Crippen molar-refractivity contribution >= 4 is 5.91 Å². The van der Waals surface area contributed by atoms with Gasteiger partial charge in [0.25, 0.3) is 0 Å². The predicted octanol–water partition coefficient (Wildman–Crippen LogP) is 1.93. The molecule has 1 atom stereocenters. The molecule has 1 aliphatic heterocycles. The summed E-state index contributed by atoms with van der Waals surface area (Å²) in [5.41, 5.74) is 0.947. The third-order valence-corrected chi connectivity index (χ3v) is 3.88. The van der Waals surface area contributed by atoms with Crippen molar-refractivity contribution in [3.63, 3.8) is 0 Å². The van der Waals surface area contributed by atoms with Gasteiger partial charge >= 0.3 is 0 Å².